The first kappa shape index (κ1) is 15.8. The van der Waals surface area contributed by atoms with Crippen LogP contribution in [-0.2, 0) is 7.05 Å². The predicted octanol–water partition coefficient (Wildman–Crippen LogP) is 2.97. The third-order valence-electron chi connectivity index (χ3n) is 4.73. The second-order valence-corrected chi connectivity index (χ2v) is 6.43. The molecule has 1 fully saturated rings. The summed E-state index contributed by atoms with van der Waals surface area (Å²) in [5, 5.41) is 12.7. The molecule has 3 rings (SSSR count). The van der Waals surface area contributed by atoms with Crippen LogP contribution in [0.4, 0.5) is 0 Å². The summed E-state index contributed by atoms with van der Waals surface area (Å²) in [5.74, 6) is 0.339. The molecule has 2 atom stereocenters. The Bertz CT molecular complexity index is 663. The molecule has 23 heavy (non-hydrogen) atoms. The first-order chi connectivity index (χ1) is 11.1. The highest BCUT2D eigenvalue weighted by Crippen LogP contribution is 2.24. The van der Waals surface area contributed by atoms with Crippen LogP contribution in [0.2, 0.25) is 0 Å². The lowest BCUT2D eigenvalue weighted by atomic mass is 9.87. The standard InChI is InChI=1S/C19H24N2O2/c1-21-17(15-7-3-2-4-8-15)10-11-18(21)19(23)20-13-14-6-5-9-16(22)12-14/h2-4,7-8,10-11,14,16,22H,5-6,9,12-13H2,1H3,(H,20,23). The van der Waals surface area contributed by atoms with E-state index in [0.29, 0.717) is 18.2 Å². The van der Waals surface area contributed by atoms with Crippen molar-refractivity contribution in [3.8, 4) is 11.3 Å². The maximum Gasteiger partial charge on any atom is 0.267 e. The molecule has 2 N–H and O–H groups in total. The van der Waals surface area contributed by atoms with Crippen LogP contribution in [0, 0.1) is 5.92 Å². The van der Waals surface area contributed by atoms with Crippen molar-refractivity contribution in [1.29, 1.82) is 0 Å². The van der Waals surface area contributed by atoms with Crippen LogP contribution in [0.5, 0.6) is 0 Å². The molecule has 1 heterocycles. The lowest BCUT2D eigenvalue weighted by molar-refractivity contribution is 0.0868. The van der Waals surface area contributed by atoms with Crippen molar-refractivity contribution >= 4 is 5.91 Å². The molecule has 1 aliphatic carbocycles. The highest BCUT2D eigenvalue weighted by Gasteiger charge is 2.21. The Morgan fingerprint density at radius 3 is 2.74 bits per heavy atom. The summed E-state index contributed by atoms with van der Waals surface area (Å²) in [4.78, 5) is 12.4. The number of nitrogens with zero attached hydrogens (tertiary/aromatic N) is 1. The fourth-order valence-corrected chi connectivity index (χ4v) is 3.41. The Hall–Kier alpha value is -2.07. The second-order valence-electron chi connectivity index (χ2n) is 6.43. The van der Waals surface area contributed by atoms with Gasteiger partial charge in [0.1, 0.15) is 5.69 Å². The third-order valence-corrected chi connectivity index (χ3v) is 4.73. The Morgan fingerprint density at radius 2 is 2.00 bits per heavy atom. The van der Waals surface area contributed by atoms with E-state index in [4.69, 9.17) is 0 Å². The molecule has 1 aromatic heterocycles. The fourth-order valence-electron chi connectivity index (χ4n) is 3.41. The summed E-state index contributed by atoms with van der Waals surface area (Å²) in [6.45, 7) is 0.641. The molecular formula is C19H24N2O2. The van der Waals surface area contributed by atoms with Gasteiger partial charge in [0.05, 0.1) is 6.10 Å². The second kappa shape index (κ2) is 7.01. The molecule has 0 spiro atoms. The van der Waals surface area contributed by atoms with Gasteiger partial charge in [-0.3, -0.25) is 4.79 Å². The number of aliphatic hydroxyl groups excluding tert-OH is 1. The van der Waals surface area contributed by atoms with Crippen molar-refractivity contribution in [2.24, 2.45) is 13.0 Å². The van der Waals surface area contributed by atoms with E-state index in [2.05, 4.69) is 5.32 Å². The molecule has 0 bridgehead atoms. The van der Waals surface area contributed by atoms with E-state index in [0.717, 1.165) is 36.9 Å². The quantitative estimate of drug-likeness (QED) is 0.912. The number of benzene rings is 1. The number of aromatic nitrogens is 1. The Kier molecular flexibility index (Phi) is 4.82. The number of carbonyl (C=O) groups excluding carboxylic acids is 1. The van der Waals surface area contributed by atoms with Gasteiger partial charge in [0.25, 0.3) is 5.91 Å². The molecule has 0 saturated heterocycles. The molecule has 2 aromatic rings. The van der Waals surface area contributed by atoms with Crippen LogP contribution in [-0.4, -0.2) is 28.2 Å². The number of aliphatic hydroxyl groups is 1. The minimum Gasteiger partial charge on any atom is -0.393 e. The normalized spacial score (nSPS) is 21.1. The zero-order valence-corrected chi connectivity index (χ0v) is 13.5. The third kappa shape index (κ3) is 3.64. The molecule has 0 radical (unpaired) electrons. The highest BCUT2D eigenvalue weighted by atomic mass is 16.3. The Labute approximate surface area is 137 Å². The first-order valence-corrected chi connectivity index (χ1v) is 8.32. The molecule has 2 unspecified atom stereocenters. The van der Waals surface area contributed by atoms with Crippen molar-refractivity contribution in [3.63, 3.8) is 0 Å². The maximum absolute atomic E-state index is 12.4. The van der Waals surface area contributed by atoms with Gasteiger partial charge < -0.3 is 15.0 Å². The van der Waals surface area contributed by atoms with Crippen molar-refractivity contribution in [2.75, 3.05) is 6.54 Å². The van der Waals surface area contributed by atoms with Crippen LogP contribution in [0.3, 0.4) is 0 Å². The highest BCUT2D eigenvalue weighted by molar-refractivity contribution is 5.93. The summed E-state index contributed by atoms with van der Waals surface area (Å²) < 4.78 is 1.93. The number of nitrogens with one attached hydrogen (secondary N) is 1. The number of rotatable bonds is 4. The van der Waals surface area contributed by atoms with Crippen LogP contribution < -0.4 is 5.32 Å². The van der Waals surface area contributed by atoms with Gasteiger partial charge in [-0.05, 0) is 42.9 Å². The van der Waals surface area contributed by atoms with Gasteiger partial charge >= 0.3 is 0 Å². The largest absolute Gasteiger partial charge is 0.393 e. The SMILES string of the molecule is Cn1c(C(=O)NCC2CCCC(O)C2)ccc1-c1ccccc1. The van der Waals surface area contributed by atoms with Crippen molar-refractivity contribution in [2.45, 2.75) is 31.8 Å². The molecule has 1 aromatic carbocycles. The predicted molar refractivity (Wildman–Crippen MR) is 91.1 cm³/mol. The number of amides is 1. The molecule has 0 aliphatic heterocycles. The van der Waals surface area contributed by atoms with Crippen LogP contribution in [0.1, 0.15) is 36.2 Å². The van der Waals surface area contributed by atoms with E-state index in [9.17, 15) is 9.90 Å². The zero-order chi connectivity index (χ0) is 16.2. The fraction of sp³-hybridized carbons (Fsp3) is 0.421. The summed E-state index contributed by atoms with van der Waals surface area (Å²) in [7, 11) is 1.92. The van der Waals surface area contributed by atoms with E-state index in [1.54, 1.807) is 0 Å². The summed E-state index contributed by atoms with van der Waals surface area (Å²) in [6.07, 6.45) is 3.61. The van der Waals surface area contributed by atoms with E-state index in [1.807, 2.05) is 54.1 Å². The average Bonchev–Trinajstić information content (AvgIpc) is 2.95. The van der Waals surface area contributed by atoms with Gasteiger partial charge in [-0.15, -0.1) is 0 Å². The van der Waals surface area contributed by atoms with Crippen molar-refractivity contribution in [3.05, 3.63) is 48.2 Å². The first-order valence-electron chi connectivity index (χ1n) is 8.32. The summed E-state index contributed by atoms with van der Waals surface area (Å²) in [5.41, 5.74) is 2.80. The molecule has 122 valence electrons. The molecule has 1 amide bonds. The van der Waals surface area contributed by atoms with E-state index < -0.39 is 0 Å². The van der Waals surface area contributed by atoms with E-state index >= 15 is 0 Å². The van der Waals surface area contributed by atoms with Gasteiger partial charge in [0.15, 0.2) is 0 Å². The summed E-state index contributed by atoms with van der Waals surface area (Å²) in [6, 6.07) is 13.9. The maximum atomic E-state index is 12.4. The molecule has 1 saturated carbocycles. The number of hydrogen-bond acceptors (Lipinski definition) is 2. The Morgan fingerprint density at radius 1 is 1.22 bits per heavy atom. The van der Waals surface area contributed by atoms with Crippen LogP contribution in [0.25, 0.3) is 11.3 Å². The van der Waals surface area contributed by atoms with Crippen molar-refractivity contribution in [1.82, 2.24) is 9.88 Å². The Balaban J connectivity index is 1.65. The summed E-state index contributed by atoms with van der Waals surface area (Å²) >= 11 is 0. The van der Waals surface area contributed by atoms with Crippen LogP contribution >= 0.6 is 0 Å². The zero-order valence-electron chi connectivity index (χ0n) is 13.5. The average molecular weight is 312 g/mol. The van der Waals surface area contributed by atoms with Crippen molar-refractivity contribution < 1.29 is 9.90 Å². The minimum atomic E-state index is -0.203. The molecular weight excluding hydrogens is 288 g/mol. The monoisotopic (exact) mass is 312 g/mol. The van der Waals surface area contributed by atoms with Gasteiger partial charge in [-0.1, -0.05) is 36.8 Å². The van der Waals surface area contributed by atoms with Gasteiger partial charge in [0, 0.05) is 19.3 Å². The van der Waals surface area contributed by atoms with Gasteiger partial charge in [-0.2, -0.15) is 0 Å². The van der Waals surface area contributed by atoms with Crippen LogP contribution in [0.15, 0.2) is 42.5 Å². The number of hydrogen-bond donors (Lipinski definition) is 2. The lowest BCUT2D eigenvalue weighted by Crippen LogP contribution is -2.33. The van der Waals surface area contributed by atoms with E-state index in [1.165, 1.54) is 0 Å². The van der Waals surface area contributed by atoms with Gasteiger partial charge in [-0.25, -0.2) is 0 Å². The number of carbonyl (C=O) groups is 1. The lowest BCUT2D eigenvalue weighted by Gasteiger charge is -2.25. The van der Waals surface area contributed by atoms with Gasteiger partial charge in [0.2, 0.25) is 0 Å². The topological polar surface area (TPSA) is 54.3 Å². The van der Waals surface area contributed by atoms with E-state index in [-0.39, 0.29) is 12.0 Å². The minimum absolute atomic E-state index is 0.0465. The smallest absolute Gasteiger partial charge is 0.267 e. The molecule has 1 aliphatic rings. The molecule has 4 nitrogen and oxygen atoms in total. The molecule has 4 heteroatoms.